The maximum Gasteiger partial charge on any atom is 0.341 e. The summed E-state index contributed by atoms with van der Waals surface area (Å²) in [6.45, 7) is -0.473. The second-order valence-corrected chi connectivity index (χ2v) is 5.92. The van der Waals surface area contributed by atoms with Crippen molar-refractivity contribution in [1.82, 2.24) is 5.43 Å². The average molecular weight is 412 g/mol. The highest BCUT2D eigenvalue weighted by Crippen LogP contribution is 2.21. The Morgan fingerprint density at radius 3 is 2.62 bits per heavy atom. The Bertz CT molecular complexity index is 778. The van der Waals surface area contributed by atoms with Crippen LogP contribution in [0.2, 0.25) is 5.02 Å². The highest BCUT2D eigenvalue weighted by atomic mass is 79.9. The molecule has 0 atom stereocenters. The number of hydrogen-bond donors (Lipinski definition) is 2. The fraction of sp³-hybridized carbons (Fsp3) is 0.0625. The van der Waals surface area contributed by atoms with E-state index in [1.54, 1.807) is 42.5 Å². The van der Waals surface area contributed by atoms with Crippen molar-refractivity contribution in [2.24, 2.45) is 5.10 Å². The standard InChI is InChI=1S/C16H12BrClN2O4/c17-12-3-6-14(24-9-15(21)22)11(7-12)8-19-20-16(23)10-1-4-13(18)5-2-10/h1-8H,9H2,(H,20,23)(H,21,22). The molecule has 0 saturated heterocycles. The highest BCUT2D eigenvalue weighted by molar-refractivity contribution is 9.10. The third-order valence-corrected chi connectivity index (χ3v) is 3.54. The van der Waals surface area contributed by atoms with Gasteiger partial charge in [0.2, 0.25) is 0 Å². The van der Waals surface area contributed by atoms with Gasteiger partial charge in [-0.1, -0.05) is 27.5 Å². The van der Waals surface area contributed by atoms with Crippen LogP contribution in [0.5, 0.6) is 5.75 Å². The molecule has 0 unspecified atom stereocenters. The Balaban J connectivity index is 2.07. The maximum absolute atomic E-state index is 11.9. The highest BCUT2D eigenvalue weighted by Gasteiger charge is 2.06. The molecule has 0 radical (unpaired) electrons. The zero-order valence-corrected chi connectivity index (χ0v) is 14.5. The molecule has 0 aromatic heterocycles. The number of carbonyl (C=O) groups is 2. The summed E-state index contributed by atoms with van der Waals surface area (Å²) in [6.07, 6.45) is 1.37. The number of ether oxygens (including phenoxy) is 1. The summed E-state index contributed by atoms with van der Waals surface area (Å²) in [5, 5.41) is 13.1. The zero-order valence-electron chi connectivity index (χ0n) is 12.2. The molecule has 0 saturated carbocycles. The van der Waals surface area contributed by atoms with Crippen molar-refractivity contribution in [3.8, 4) is 5.75 Å². The van der Waals surface area contributed by atoms with Gasteiger partial charge in [-0.2, -0.15) is 5.10 Å². The van der Waals surface area contributed by atoms with Gasteiger partial charge < -0.3 is 9.84 Å². The molecule has 1 amide bonds. The fourth-order valence-electron chi connectivity index (χ4n) is 1.72. The van der Waals surface area contributed by atoms with Gasteiger partial charge in [0.05, 0.1) is 6.21 Å². The number of halogens is 2. The van der Waals surface area contributed by atoms with E-state index in [4.69, 9.17) is 21.4 Å². The van der Waals surface area contributed by atoms with E-state index in [0.29, 0.717) is 21.9 Å². The average Bonchev–Trinajstić information content (AvgIpc) is 2.54. The fourth-order valence-corrected chi connectivity index (χ4v) is 2.22. The maximum atomic E-state index is 11.9. The Kier molecular flexibility index (Phi) is 6.34. The number of carboxylic acid groups (broad SMARTS) is 1. The van der Waals surface area contributed by atoms with Crippen molar-refractivity contribution < 1.29 is 19.4 Å². The zero-order chi connectivity index (χ0) is 17.5. The molecule has 2 aromatic carbocycles. The number of benzene rings is 2. The first-order valence-corrected chi connectivity index (χ1v) is 7.86. The lowest BCUT2D eigenvalue weighted by atomic mass is 10.2. The number of nitrogens with one attached hydrogen (secondary N) is 1. The number of carboxylic acids is 1. The van der Waals surface area contributed by atoms with E-state index in [2.05, 4.69) is 26.5 Å². The Labute approximate surface area is 151 Å². The summed E-state index contributed by atoms with van der Waals surface area (Å²) in [5.41, 5.74) is 3.30. The van der Waals surface area contributed by atoms with Crippen molar-refractivity contribution in [3.05, 3.63) is 63.1 Å². The van der Waals surface area contributed by atoms with Crippen LogP contribution in [0.1, 0.15) is 15.9 Å². The second-order valence-electron chi connectivity index (χ2n) is 4.57. The SMILES string of the molecule is O=C(O)COc1ccc(Br)cc1C=NNC(=O)c1ccc(Cl)cc1. The van der Waals surface area contributed by atoms with Crippen molar-refractivity contribution in [1.29, 1.82) is 0 Å². The van der Waals surface area contributed by atoms with Crippen molar-refractivity contribution in [2.45, 2.75) is 0 Å². The molecule has 2 aromatic rings. The van der Waals surface area contributed by atoms with Gasteiger partial charge in [-0.3, -0.25) is 4.79 Å². The number of hydrogen-bond acceptors (Lipinski definition) is 4. The van der Waals surface area contributed by atoms with Crippen LogP contribution in [-0.4, -0.2) is 29.8 Å². The van der Waals surface area contributed by atoms with Gasteiger partial charge in [-0.05, 0) is 42.5 Å². The van der Waals surface area contributed by atoms with Gasteiger partial charge in [-0.25, -0.2) is 10.2 Å². The minimum atomic E-state index is -1.09. The van der Waals surface area contributed by atoms with E-state index < -0.39 is 18.5 Å². The normalized spacial score (nSPS) is 10.6. The largest absolute Gasteiger partial charge is 0.481 e. The number of rotatable bonds is 6. The molecular weight excluding hydrogens is 400 g/mol. The summed E-state index contributed by atoms with van der Waals surface area (Å²) < 4.78 is 5.93. The topological polar surface area (TPSA) is 88.0 Å². The molecule has 0 heterocycles. The van der Waals surface area contributed by atoms with Gasteiger partial charge in [0.25, 0.3) is 5.91 Å². The summed E-state index contributed by atoms with van der Waals surface area (Å²) in [6, 6.07) is 11.4. The molecule has 0 fully saturated rings. The minimum Gasteiger partial charge on any atom is -0.481 e. The molecule has 0 aliphatic carbocycles. The lowest BCUT2D eigenvalue weighted by Gasteiger charge is -2.07. The van der Waals surface area contributed by atoms with Crippen LogP contribution in [0.25, 0.3) is 0 Å². The Morgan fingerprint density at radius 2 is 1.96 bits per heavy atom. The Morgan fingerprint density at radius 1 is 1.25 bits per heavy atom. The molecule has 8 heteroatoms. The van der Waals surface area contributed by atoms with Crippen molar-refractivity contribution in [3.63, 3.8) is 0 Å². The van der Waals surface area contributed by atoms with Crippen LogP contribution in [0.4, 0.5) is 0 Å². The van der Waals surface area contributed by atoms with Gasteiger partial charge in [0, 0.05) is 20.6 Å². The van der Waals surface area contributed by atoms with Gasteiger partial charge in [-0.15, -0.1) is 0 Å². The summed E-state index contributed by atoms with van der Waals surface area (Å²) >= 11 is 9.07. The first-order chi connectivity index (χ1) is 11.5. The lowest BCUT2D eigenvalue weighted by Crippen LogP contribution is -2.17. The summed E-state index contributed by atoms with van der Waals surface area (Å²) in [4.78, 5) is 22.5. The number of carbonyl (C=O) groups excluding carboxylic acids is 1. The van der Waals surface area contributed by atoms with Crippen LogP contribution >= 0.6 is 27.5 Å². The van der Waals surface area contributed by atoms with Gasteiger partial charge in [0.15, 0.2) is 6.61 Å². The van der Waals surface area contributed by atoms with E-state index in [0.717, 1.165) is 4.47 Å². The monoisotopic (exact) mass is 410 g/mol. The van der Waals surface area contributed by atoms with E-state index in [-0.39, 0.29) is 0 Å². The van der Waals surface area contributed by atoms with E-state index in [9.17, 15) is 9.59 Å². The van der Waals surface area contributed by atoms with E-state index in [1.165, 1.54) is 6.21 Å². The van der Waals surface area contributed by atoms with Gasteiger partial charge >= 0.3 is 5.97 Å². The molecule has 0 bridgehead atoms. The number of aliphatic carboxylic acids is 1. The molecule has 0 aliphatic rings. The lowest BCUT2D eigenvalue weighted by molar-refractivity contribution is -0.139. The van der Waals surface area contributed by atoms with Crippen LogP contribution < -0.4 is 10.2 Å². The predicted molar refractivity (Wildman–Crippen MR) is 93.8 cm³/mol. The molecule has 0 aliphatic heterocycles. The third kappa shape index (κ3) is 5.36. The number of hydrazone groups is 1. The molecule has 24 heavy (non-hydrogen) atoms. The van der Waals surface area contributed by atoms with Crippen LogP contribution in [0, 0.1) is 0 Å². The van der Waals surface area contributed by atoms with Crippen LogP contribution in [-0.2, 0) is 4.79 Å². The first-order valence-electron chi connectivity index (χ1n) is 6.69. The molecule has 2 rings (SSSR count). The first kappa shape index (κ1) is 18.0. The molecule has 124 valence electrons. The summed E-state index contributed by atoms with van der Waals surface area (Å²) in [7, 11) is 0. The van der Waals surface area contributed by atoms with Gasteiger partial charge in [0.1, 0.15) is 5.75 Å². The minimum absolute atomic E-state index is 0.338. The molecule has 0 spiro atoms. The smallest absolute Gasteiger partial charge is 0.341 e. The molecule has 2 N–H and O–H groups in total. The van der Waals surface area contributed by atoms with Crippen molar-refractivity contribution >= 4 is 45.6 Å². The molecule has 6 nitrogen and oxygen atoms in total. The number of nitrogens with zero attached hydrogens (tertiary/aromatic N) is 1. The number of amides is 1. The predicted octanol–water partition coefficient (Wildman–Crippen LogP) is 3.33. The van der Waals surface area contributed by atoms with Crippen molar-refractivity contribution in [2.75, 3.05) is 6.61 Å². The van der Waals surface area contributed by atoms with Crippen LogP contribution in [0.3, 0.4) is 0 Å². The van der Waals surface area contributed by atoms with E-state index in [1.807, 2.05) is 0 Å². The second kappa shape index (κ2) is 8.47. The third-order valence-electron chi connectivity index (χ3n) is 2.80. The summed E-state index contributed by atoms with van der Waals surface area (Å²) in [5.74, 6) is -1.15. The van der Waals surface area contributed by atoms with Crippen LogP contribution in [0.15, 0.2) is 52.0 Å². The quantitative estimate of drug-likeness (QED) is 0.564. The Hall–Kier alpha value is -2.38. The molecular formula is C16H12BrClN2O4. The van der Waals surface area contributed by atoms with E-state index >= 15 is 0 Å².